The molecule has 0 spiro atoms. The van der Waals surface area contributed by atoms with Gasteiger partial charge in [0.15, 0.2) is 0 Å². The Morgan fingerprint density at radius 1 is 1.04 bits per heavy atom. The van der Waals surface area contributed by atoms with Gasteiger partial charge in [0.25, 0.3) is 10.0 Å². The Labute approximate surface area is 165 Å². The lowest BCUT2D eigenvalue weighted by atomic mass is 10.0. The van der Waals surface area contributed by atoms with E-state index in [9.17, 15) is 13.2 Å². The van der Waals surface area contributed by atoms with E-state index in [4.69, 9.17) is 0 Å². The monoisotopic (exact) mass is 394 g/mol. The molecule has 0 fully saturated rings. The van der Waals surface area contributed by atoms with Crippen molar-refractivity contribution < 1.29 is 13.2 Å². The van der Waals surface area contributed by atoms with Crippen molar-refractivity contribution in [3.05, 3.63) is 66.2 Å². The summed E-state index contributed by atoms with van der Waals surface area (Å²) in [5.41, 5.74) is 2.39. The van der Waals surface area contributed by atoms with Gasteiger partial charge in [-0.3, -0.25) is 9.52 Å². The fourth-order valence-corrected chi connectivity index (χ4v) is 4.74. The van der Waals surface area contributed by atoms with Gasteiger partial charge in [-0.15, -0.1) is 0 Å². The van der Waals surface area contributed by atoms with E-state index >= 15 is 0 Å². The zero-order valence-electron chi connectivity index (χ0n) is 15.7. The van der Waals surface area contributed by atoms with Gasteiger partial charge in [-0.05, 0) is 59.5 Å². The van der Waals surface area contributed by atoms with Gasteiger partial charge in [-0.1, -0.05) is 37.3 Å². The van der Waals surface area contributed by atoms with Gasteiger partial charge in [0.05, 0.1) is 4.90 Å². The SMILES string of the molecule is CCC(=O)N1CCCc2cc(NS(=O)(=O)c3ccc4ccccc4c3)ccc21. The number of hydrogen-bond donors (Lipinski definition) is 1. The number of hydrogen-bond acceptors (Lipinski definition) is 3. The molecule has 1 heterocycles. The van der Waals surface area contributed by atoms with Crippen molar-refractivity contribution in [2.24, 2.45) is 0 Å². The first-order valence-electron chi connectivity index (χ1n) is 9.43. The van der Waals surface area contributed by atoms with E-state index in [1.807, 2.05) is 49.4 Å². The molecule has 0 atom stereocenters. The molecule has 0 saturated carbocycles. The molecule has 3 aromatic rings. The van der Waals surface area contributed by atoms with E-state index in [0.717, 1.165) is 34.9 Å². The normalized spacial score (nSPS) is 14.0. The summed E-state index contributed by atoms with van der Waals surface area (Å²) in [5.74, 6) is 0.0884. The molecule has 0 aromatic heterocycles. The molecule has 0 saturated heterocycles. The number of anilines is 2. The van der Waals surface area contributed by atoms with Crippen molar-refractivity contribution in [3.63, 3.8) is 0 Å². The molecule has 0 unspecified atom stereocenters. The Kier molecular flexibility index (Phi) is 4.81. The standard InChI is InChI=1S/C22H22N2O3S/c1-2-22(25)24-13-5-8-18-14-19(10-12-21(18)24)23-28(26,27)20-11-9-16-6-3-4-7-17(16)15-20/h3-4,6-7,9-12,14-15,23H,2,5,8,13H2,1H3. The van der Waals surface area contributed by atoms with Gasteiger partial charge in [0, 0.05) is 24.3 Å². The van der Waals surface area contributed by atoms with Gasteiger partial charge in [-0.2, -0.15) is 0 Å². The van der Waals surface area contributed by atoms with E-state index < -0.39 is 10.0 Å². The third kappa shape index (κ3) is 3.47. The van der Waals surface area contributed by atoms with Crippen LogP contribution in [0.15, 0.2) is 65.6 Å². The zero-order chi connectivity index (χ0) is 19.7. The molecule has 28 heavy (non-hydrogen) atoms. The lowest BCUT2D eigenvalue weighted by Crippen LogP contribution is -2.34. The van der Waals surface area contributed by atoms with Gasteiger partial charge < -0.3 is 4.90 Å². The van der Waals surface area contributed by atoms with Crippen LogP contribution in [0.3, 0.4) is 0 Å². The minimum atomic E-state index is -3.70. The maximum Gasteiger partial charge on any atom is 0.261 e. The van der Waals surface area contributed by atoms with Crippen molar-refractivity contribution in [2.45, 2.75) is 31.1 Å². The number of carbonyl (C=O) groups is 1. The maximum atomic E-state index is 12.9. The lowest BCUT2D eigenvalue weighted by molar-refractivity contribution is -0.118. The van der Waals surface area contributed by atoms with Crippen LogP contribution in [-0.4, -0.2) is 20.9 Å². The number of benzene rings is 3. The number of carbonyl (C=O) groups excluding carboxylic acids is 1. The average molecular weight is 394 g/mol. The predicted molar refractivity (Wildman–Crippen MR) is 112 cm³/mol. The molecule has 6 heteroatoms. The van der Waals surface area contributed by atoms with Crippen LogP contribution in [0.4, 0.5) is 11.4 Å². The van der Waals surface area contributed by atoms with E-state index in [0.29, 0.717) is 18.7 Å². The van der Waals surface area contributed by atoms with Crippen LogP contribution < -0.4 is 9.62 Å². The Morgan fingerprint density at radius 3 is 2.61 bits per heavy atom. The number of aryl methyl sites for hydroxylation is 1. The van der Waals surface area contributed by atoms with Crippen molar-refractivity contribution in [1.82, 2.24) is 0 Å². The molecule has 0 bridgehead atoms. The first-order chi connectivity index (χ1) is 13.5. The maximum absolute atomic E-state index is 12.9. The Morgan fingerprint density at radius 2 is 1.82 bits per heavy atom. The first kappa shape index (κ1) is 18.5. The van der Waals surface area contributed by atoms with Crippen molar-refractivity contribution in [1.29, 1.82) is 0 Å². The summed E-state index contributed by atoms with van der Waals surface area (Å²) in [4.78, 5) is 14.2. The number of sulfonamides is 1. The molecular formula is C22H22N2O3S. The highest BCUT2D eigenvalue weighted by Gasteiger charge is 2.22. The largest absolute Gasteiger partial charge is 0.312 e. The van der Waals surface area contributed by atoms with Crippen LogP contribution in [0.25, 0.3) is 10.8 Å². The van der Waals surface area contributed by atoms with E-state index in [-0.39, 0.29) is 10.8 Å². The molecule has 0 aliphatic carbocycles. The van der Waals surface area contributed by atoms with Crippen LogP contribution in [0.2, 0.25) is 0 Å². The minimum Gasteiger partial charge on any atom is -0.312 e. The second-order valence-electron chi connectivity index (χ2n) is 6.96. The zero-order valence-corrected chi connectivity index (χ0v) is 16.5. The van der Waals surface area contributed by atoms with E-state index in [1.165, 1.54) is 0 Å². The van der Waals surface area contributed by atoms with Gasteiger partial charge in [0.1, 0.15) is 0 Å². The Bertz CT molecular complexity index is 1160. The highest BCUT2D eigenvalue weighted by Crippen LogP contribution is 2.31. The summed E-state index contributed by atoms with van der Waals surface area (Å²) in [6.45, 7) is 2.56. The number of nitrogens with one attached hydrogen (secondary N) is 1. The highest BCUT2D eigenvalue weighted by atomic mass is 32.2. The number of fused-ring (bicyclic) bond motifs is 2. The minimum absolute atomic E-state index is 0.0884. The second-order valence-corrected chi connectivity index (χ2v) is 8.64. The molecule has 1 aliphatic heterocycles. The number of amides is 1. The first-order valence-corrected chi connectivity index (χ1v) is 10.9. The molecule has 144 valence electrons. The fraction of sp³-hybridized carbons (Fsp3) is 0.227. The fourth-order valence-electron chi connectivity index (χ4n) is 3.66. The quantitative estimate of drug-likeness (QED) is 0.716. The van der Waals surface area contributed by atoms with Crippen molar-refractivity contribution in [2.75, 3.05) is 16.2 Å². The lowest BCUT2D eigenvalue weighted by Gasteiger charge is -2.29. The molecule has 3 aromatic carbocycles. The number of rotatable bonds is 4. The summed E-state index contributed by atoms with van der Waals surface area (Å²) < 4.78 is 28.4. The van der Waals surface area contributed by atoms with E-state index in [1.54, 1.807) is 23.1 Å². The third-order valence-corrected chi connectivity index (χ3v) is 6.46. The molecule has 5 nitrogen and oxygen atoms in total. The Balaban J connectivity index is 1.63. The predicted octanol–water partition coefficient (Wildman–Crippen LogP) is 4.33. The highest BCUT2D eigenvalue weighted by molar-refractivity contribution is 7.92. The van der Waals surface area contributed by atoms with E-state index in [2.05, 4.69) is 4.72 Å². The summed E-state index contributed by atoms with van der Waals surface area (Å²) in [6.07, 6.45) is 2.16. The van der Waals surface area contributed by atoms with Crippen LogP contribution >= 0.6 is 0 Å². The Hall–Kier alpha value is -2.86. The molecule has 4 rings (SSSR count). The van der Waals surface area contributed by atoms with Crippen molar-refractivity contribution >= 4 is 38.1 Å². The smallest absolute Gasteiger partial charge is 0.261 e. The molecular weight excluding hydrogens is 372 g/mol. The van der Waals surface area contributed by atoms with Crippen molar-refractivity contribution in [3.8, 4) is 0 Å². The third-order valence-electron chi connectivity index (χ3n) is 5.09. The van der Waals surface area contributed by atoms with Crippen LogP contribution in [0.5, 0.6) is 0 Å². The number of nitrogens with zero attached hydrogens (tertiary/aromatic N) is 1. The average Bonchev–Trinajstić information content (AvgIpc) is 2.72. The summed E-state index contributed by atoms with van der Waals surface area (Å²) in [6, 6.07) is 18.2. The molecule has 0 radical (unpaired) electrons. The van der Waals surface area contributed by atoms with Crippen LogP contribution in [-0.2, 0) is 21.2 Å². The summed E-state index contributed by atoms with van der Waals surface area (Å²) >= 11 is 0. The summed E-state index contributed by atoms with van der Waals surface area (Å²) in [7, 11) is -3.70. The van der Waals surface area contributed by atoms with Gasteiger partial charge in [-0.25, -0.2) is 8.42 Å². The van der Waals surface area contributed by atoms with Gasteiger partial charge in [0.2, 0.25) is 5.91 Å². The van der Waals surface area contributed by atoms with Gasteiger partial charge >= 0.3 is 0 Å². The topological polar surface area (TPSA) is 66.5 Å². The molecule has 1 aliphatic rings. The molecule has 1 amide bonds. The van der Waals surface area contributed by atoms with Crippen LogP contribution in [0.1, 0.15) is 25.3 Å². The summed E-state index contributed by atoms with van der Waals surface area (Å²) in [5, 5.41) is 1.88. The second kappa shape index (κ2) is 7.28. The van der Waals surface area contributed by atoms with Crippen LogP contribution in [0, 0.1) is 0 Å². The molecule has 1 N–H and O–H groups in total.